The molecule has 3 atom stereocenters. The first-order valence-corrected chi connectivity index (χ1v) is 8.21. The van der Waals surface area contributed by atoms with Crippen molar-refractivity contribution < 1.29 is 24.5 Å². The zero-order valence-corrected chi connectivity index (χ0v) is 14.7. The van der Waals surface area contributed by atoms with Crippen LogP contribution in [0.4, 0.5) is 0 Å². The molecule has 1 aliphatic rings. The summed E-state index contributed by atoms with van der Waals surface area (Å²) >= 11 is 0. The molecule has 5 nitrogen and oxygen atoms in total. The molecular formula is C20H22O5. The number of ketones is 1. The molecule has 0 spiro atoms. The minimum atomic E-state index is -0.174. The Labute approximate surface area is 146 Å². The Balaban J connectivity index is 2.22. The smallest absolute Gasteiger partial charge is 0.166 e. The molecule has 0 heterocycles. The number of carbonyl (C=O) groups is 1. The van der Waals surface area contributed by atoms with Gasteiger partial charge in [0.25, 0.3) is 0 Å². The fraction of sp³-hybridized carbons (Fsp3) is 0.350. The van der Waals surface area contributed by atoms with Gasteiger partial charge in [-0.1, -0.05) is 19.9 Å². The molecule has 5 heteroatoms. The highest BCUT2D eigenvalue weighted by atomic mass is 16.5. The van der Waals surface area contributed by atoms with Gasteiger partial charge in [0.05, 0.1) is 14.2 Å². The summed E-state index contributed by atoms with van der Waals surface area (Å²) < 4.78 is 10.4. The fourth-order valence-corrected chi connectivity index (χ4v) is 3.65. The minimum Gasteiger partial charge on any atom is -0.504 e. The predicted molar refractivity (Wildman–Crippen MR) is 93.8 cm³/mol. The van der Waals surface area contributed by atoms with Gasteiger partial charge in [0.15, 0.2) is 28.8 Å². The summed E-state index contributed by atoms with van der Waals surface area (Å²) in [4.78, 5) is 12.8. The van der Waals surface area contributed by atoms with Crippen molar-refractivity contribution in [3.63, 3.8) is 0 Å². The van der Waals surface area contributed by atoms with Gasteiger partial charge in [0, 0.05) is 17.4 Å². The molecule has 132 valence electrons. The Kier molecular flexibility index (Phi) is 4.33. The number of carbonyl (C=O) groups excluding carboxylic acids is 1. The second-order valence-electron chi connectivity index (χ2n) is 6.53. The maximum absolute atomic E-state index is 12.8. The third kappa shape index (κ3) is 2.69. The van der Waals surface area contributed by atoms with Crippen LogP contribution in [0.3, 0.4) is 0 Å². The number of hydrogen-bond donors (Lipinski definition) is 2. The first kappa shape index (κ1) is 17.1. The third-order valence-corrected chi connectivity index (χ3v) is 5.24. The molecule has 25 heavy (non-hydrogen) atoms. The molecule has 0 radical (unpaired) electrons. The first-order valence-electron chi connectivity index (χ1n) is 8.21. The van der Waals surface area contributed by atoms with Crippen molar-refractivity contribution in [2.24, 2.45) is 11.8 Å². The van der Waals surface area contributed by atoms with Crippen LogP contribution in [0.5, 0.6) is 23.0 Å². The van der Waals surface area contributed by atoms with Crippen LogP contribution in [-0.2, 0) is 0 Å². The predicted octanol–water partition coefficient (Wildman–Crippen LogP) is 3.72. The molecule has 2 aromatic rings. The molecule has 0 unspecified atom stereocenters. The van der Waals surface area contributed by atoms with Gasteiger partial charge < -0.3 is 19.7 Å². The number of phenolic OH excluding ortho intramolecular Hbond substituents is 2. The van der Waals surface area contributed by atoms with Crippen LogP contribution in [0.2, 0.25) is 0 Å². The molecule has 0 aromatic heterocycles. The normalized spacial score (nSPS) is 22.4. The zero-order valence-electron chi connectivity index (χ0n) is 14.7. The minimum absolute atomic E-state index is 0.00606. The number of methoxy groups -OCH3 is 2. The highest BCUT2D eigenvalue weighted by Crippen LogP contribution is 2.47. The lowest BCUT2D eigenvalue weighted by Crippen LogP contribution is -2.32. The summed E-state index contributed by atoms with van der Waals surface area (Å²) in [6, 6.07) is 8.42. The van der Waals surface area contributed by atoms with Gasteiger partial charge in [0.1, 0.15) is 0 Å². The van der Waals surface area contributed by atoms with Crippen molar-refractivity contribution in [1.29, 1.82) is 0 Å². The largest absolute Gasteiger partial charge is 0.504 e. The summed E-state index contributed by atoms with van der Waals surface area (Å²) in [6.07, 6.45) is 0. The SMILES string of the molecule is COc1cc([C@@H]2c3cc(O)c(OC)cc3C(=O)[C@H](C)[C@H]2C)ccc1O. The van der Waals surface area contributed by atoms with Crippen LogP contribution in [0.15, 0.2) is 30.3 Å². The van der Waals surface area contributed by atoms with E-state index in [0.29, 0.717) is 11.3 Å². The van der Waals surface area contributed by atoms with Gasteiger partial charge >= 0.3 is 0 Å². The Morgan fingerprint density at radius 1 is 0.920 bits per heavy atom. The van der Waals surface area contributed by atoms with E-state index in [2.05, 4.69) is 0 Å². The average molecular weight is 342 g/mol. The van der Waals surface area contributed by atoms with E-state index in [-0.39, 0.29) is 40.8 Å². The third-order valence-electron chi connectivity index (χ3n) is 5.24. The molecule has 2 aromatic carbocycles. The standard InChI is InChI=1S/C20H22O5/c1-10-11(2)20(23)14-9-18(25-4)16(22)8-13(14)19(10)12-5-6-15(21)17(7-12)24-3/h5-11,19,21-22H,1-4H3/t10-,11-,19-/m1/s1. The van der Waals surface area contributed by atoms with Gasteiger partial charge in [-0.15, -0.1) is 0 Å². The van der Waals surface area contributed by atoms with Gasteiger partial charge in [-0.05, 0) is 41.3 Å². The molecule has 2 N–H and O–H groups in total. The first-order chi connectivity index (χ1) is 11.9. The summed E-state index contributed by atoms with van der Waals surface area (Å²) in [5.74, 6) is 0.540. The lowest BCUT2D eigenvalue weighted by molar-refractivity contribution is 0.0865. The lowest BCUT2D eigenvalue weighted by atomic mass is 9.67. The van der Waals surface area contributed by atoms with Crippen molar-refractivity contribution in [2.75, 3.05) is 14.2 Å². The van der Waals surface area contributed by atoms with E-state index in [4.69, 9.17) is 9.47 Å². The second kappa shape index (κ2) is 6.31. The van der Waals surface area contributed by atoms with Crippen molar-refractivity contribution in [1.82, 2.24) is 0 Å². The van der Waals surface area contributed by atoms with Crippen molar-refractivity contribution in [2.45, 2.75) is 19.8 Å². The van der Waals surface area contributed by atoms with Gasteiger partial charge in [0.2, 0.25) is 0 Å². The van der Waals surface area contributed by atoms with Crippen LogP contribution in [0.25, 0.3) is 0 Å². The van der Waals surface area contributed by atoms with Crippen LogP contribution in [0.1, 0.15) is 41.3 Å². The number of benzene rings is 2. The Morgan fingerprint density at radius 3 is 2.20 bits per heavy atom. The molecule has 3 rings (SSSR count). The summed E-state index contributed by atoms with van der Waals surface area (Å²) in [5, 5.41) is 20.1. The Bertz CT molecular complexity index is 827. The molecule has 1 aliphatic carbocycles. The molecule has 0 aliphatic heterocycles. The summed E-state index contributed by atoms with van der Waals surface area (Å²) in [7, 11) is 2.96. The van der Waals surface area contributed by atoms with E-state index < -0.39 is 0 Å². The highest BCUT2D eigenvalue weighted by Gasteiger charge is 2.39. The van der Waals surface area contributed by atoms with Gasteiger partial charge in [-0.25, -0.2) is 0 Å². The number of fused-ring (bicyclic) bond motifs is 1. The van der Waals surface area contributed by atoms with Crippen LogP contribution in [0, 0.1) is 11.8 Å². The van der Waals surface area contributed by atoms with E-state index in [1.165, 1.54) is 14.2 Å². The number of hydrogen-bond acceptors (Lipinski definition) is 5. The average Bonchev–Trinajstić information content (AvgIpc) is 2.61. The maximum Gasteiger partial charge on any atom is 0.166 e. The van der Waals surface area contributed by atoms with Crippen molar-refractivity contribution >= 4 is 5.78 Å². The fourth-order valence-electron chi connectivity index (χ4n) is 3.65. The van der Waals surface area contributed by atoms with Gasteiger partial charge in [-0.2, -0.15) is 0 Å². The number of Topliss-reactive ketones (excluding diaryl/α,β-unsaturated/α-hetero) is 1. The summed E-state index contributed by atoms with van der Waals surface area (Å²) in [6.45, 7) is 3.94. The molecule has 0 saturated carbocycles. The Morgan fingerprint density at radius 2 is 1.56 bits per heavy atom. The quantitative estimate of drug-likeness (QED) is 0.889. The van der Waals surface area contributed by atoms with E-state index in [1.807, 2.05) is 19.9 Å². The number of phenols is 2. The van der Waals surface area contributed by atoms with E-state index in [9.17, 15) is 15.0 Å². The molecule has 0 fully saturated rings. The second-order valence-corrected chi connectivity index (χ2v) is 6.53. The van der Waals surface area contributed by atoms with Crippen LogP contribution < -0.4 is 9.47 Å². The molecule has 0 amide bonds. The molecule has 0 bridgehead atoms. The van der Waals surface area contributed by atoms with E-state index in [1.54, 1.807) is 24.3 Å². The topological polar surface area (TPSA) is 76.0 Å². The van der Waals surface area contributed by atoms with Crippen LogP contribution in [-0.4, -0.2) is 30.2 Å². The van der Waals surface area contributed by atoms with E-state index >= 15 is 0 Å². The van der Waals surface area contributed by atoms with Gasteiger partial charge in [-0.3, -0.25) is 4.79 Å². The number of aromatic hydroxyl groups is 2. The molecule has 0 saturated heterocycles. The van der Waals surface area contributed by atoms with Crippen molar-refractivity contribution in [3.8, 4) is 23.0 Å². The Hall–Kier alpha value is -2.69. The summed E-state index contributed by atoms with van der Waals surface area (Å²) in [5.41, 5.74) is 2.26. The molecular weight excluding hydrogens is 320 g/mol. The zero-order chi connectivity index (χ0) is 18.3. The van der Waals surface area contributed by atoms with Crippen molar-refractivity contribution in [3.05, 3.63) is 47.0 Å². The maximum atomic E-state index is 12.8. The lowest BCUT2D eigenvalue weighted by Gasteiger charge is -2.36. The number of ether oxygens (including phenoxy) is 2. The monoisotopic (exact) mass is 342 g/mol. The van der Waals surface area contributed by atoms with Crippen LogP contribution >= 0.6 is 0 Å². The van der Waals surface area contributed by atoms with E-state index in [0.717, 1.165) is 11.1 Å². The number of rotatable bonds is 3. The highest BCUT2D eigenvalue weighted by molar-refractivity contribution is 6.01.